The summed E-state index contributed by atoms with van der Waals surface area (Å²) in [6.07, 6.45) is -1.66. The van der Waals surface area contributed by atoms with Gasteiger partial charge in [-0.15, -0.1) is 0 Å². The zero-order valence-corrected chi connectivity index (χ0v) is 15.4. The first-order chi connectivity index (χ1) is 13.6. The summed E-state index contributed by atoms with van der Waals surface area (Å²) in [6.45, 7) is 0.126. The van der Waals surface area contributed by atoms with Crippen LogP contribution in [-0.4, -0.2) is 24.3 Å². The topological polar surface area (TPSA) is 55.8 Å². The van der Waals surface area contributed by atoms with Crippen LogP contribution in [-0.2, 0) is 26.5 Å². The van der Waals surface area contributed by atoms with Crippen LogP contribution >= 0.6 is 0 Å². The second-order valence-electron chi connectivity index (χ2n) is 6.31. The van der Waals surface area contributed by atoms with Gasteiger partial charge in [-0.1, -0.05) is 72.8 Å². The Balaban J connectivity index is 2.15. The van der Waals surface area contributed by atoms with Crippen LogP contribution in [0.25, 0.3) is 0 Å². The maximum atomic E-state index is 13.6. The van der Waals surface area contributed by atoms with Gasteiger partial charge in [0.25, 0.3) is 0 Å². The van der Waals surface area contributed by atoms with Crippen molar-refractivity contribution in [3.8, 4) is 0 Å². The third-order valence-corrected chi connectivity index (χ3v) is 4.59. The second-order valence-corrected chi connectivity index (χ2v) is 6.31. The Labute approximate surface area is 163 Å². The largest absolute Gasteiger partial charge is 0.467 e. The third kappa shape index (κ3) is 3.96. The molecule has 0 heterocycles. The summed E-state index contributed by atoms with van der Waals surface area (Å²) in [7, 11) is 1.20. The predicted molar refractivity (Wildman–Crippen MR) is 103 cm³/mol. The van der Waals surface area contributed by atoms with E-state index in [1.165, 1.54) is 31.4 Å². The lowest BCUT2D eigenvalue weighted by Gasteiger charge is -2.37. The zero-order valence-electron chi connectivity index (χ0n) is 15.4. The molecule has 3 rings (SSSR count). The summed E-state index contributed by atoms with van der Waals surface area (Å²) in [5, 5.41) is 11.0. The Morgan fingerprint density at radius 2 is 1.46 bits per heavy atom. The van der Waals surface area contributed by atoms with Gasteiger partial charge in [-0.3, -0.25) is 0 Å². The van der Waals surface area contributed by atoms with E-state index in [4.69, 9.17) is 9.47 Å². The Kier molecular flexibility index (Phi) is 6.19. The number of ether oxygens (including phenoxy) is 2. The molecule has 0 fully saturated rings. The number of carbonyl (C=O) groups excluding carboxylic acids is 1. The van der Waals surface area contributed by atoms with E-state index in [9.17, 15) is 14.3 Å². The highest BCUT2D eigenvalue weighted by molar-refractivity contribution is 5.77. The quantitative estimate of drug-likeness (QED) is 0.633. The Morgan fingerprint density at radius 3 is 2.04 bits per heavy atom. The molecule has 0 aliphatic carbocycles. The highest BCUT2D eigenvalue weighted by Crippen LogP contribution is 2.38. The number of hydrogen-bond donors (Lipinski definition) is 1. The first-order valence-electron chi connectivity index (χ1n) is 8.83. The molecule has 0 aromatic heterocycles. The van der Waals surface area contributed by atoms with Gasteiger partial charge in [-0.05, 0) is 28.8 Å². The van der Waals surface area contributed by atoms with E-state index in [1.54, 1.807) is 24.3 Å². The maximum absolute atomic E-state index is 13.6. The second kappa shape index (κ2) is 8.78. The number of hydrogen-bond acceptors (Lipinski definition) is 4. The molecule has 0 saturated heterocycles. The van der Waals surface area contributed by atoms with Gasteiger partial charge in [0.05, 0.1) is 13.7 Å². The van der Waals surface area contributed by atoms with Gasteiger partial charge in [-0.2, -0.15) is 0 Å². The Bertz CT molecular complexity index is 897. The van der Waals surface area contributed by atoms with E-state index in [2.05, 4.69) is 0 Å². The van der Waals surface area contributed by atoms with Crippen LogP contribution in [0.1, 0.15) is 16.7 Å². The molecule has 0 aliphatic rings. The van der Waals surface area contributed by atoms with Gasteiger partial charge in [0.2, 0.25) is 0 Å². The zero-order chi connectivity index (χ0) is 20.0. The molecule has 0 aliphatic heterocycles. The smallest absolute Gasteiger partial charge is 0.338 e. The van der Waals surface area contributed by atoms with Crippen molar-refractivity contribution in [2.75, 3.05) is 7.11 Å². The summed E-state index contributed by atoms with van der Waals surface area (Å²) < 4.78 is 24.6. The van der Waals surface area contributed by atoms with Crippen molar-refractivity contribution in [1.82, 2.24) is 0 Å². The average Bonchev–Trinajstić information content (AvgIpc) is 2.76. The molecule has 4 nitrogen and oxygen atoms in total. The first-order valence-corrected chi connectivity index (χ1v) is 8.83. The fraction of sp³-hybridized carbons (Fsp3) is 0.174. The molecule has 3 aromatic rings. The number of carbonyl (C=O) groups is 1. The van der Waals surface area contributed by atoms with Crippen molar-refractivity contribution < 1.29 is 23.8 Å². The number of benzene rings is 3. The van der Waals surface area contributed by atoms with E-state index in [0.717, 1.165) is 5.56 Å². The van der Waals surface area contributed by atoms with Crippen molar-refractivity contribution in [2.45, 2.75) is 18.3 Å². The lowest BCUT2D eigenvalue weighted by molar-refractivity contribution is -0.172. The molecule has 144 valence electrons. The van der Waals surface area contributed by atoms with Crippen molar-refractivity contribution in [3.63, 3.8) is 0 Å². The minimum atomic E-state index is -1.66. The third-order valence-electron chi connectivity index (χ3n) is 4.59. The molecular weight excluding hydrogens is 359 g/mol. The summed E-state index contributed by atoms with van der Waals surface area (Å²) in [5.41, 5.74) is 0.282. The highest BCUT2D eigenvalue weighted by atomic mass is 19.1. The van der Waals surface area contributed by atoms with Crippen LogP contribution in [0.15, 0.2) is 84.9 Å². The molecule has 2 atom stereocenters. The van der Waals surface area contributed by atoms with Gasteiger partial charge in [0.1, 0.15) is 5.82 Å². The molecule has 5 heteroatoms. The molecular formula is C23H21FO4. The summed E-state index contributed by atoms with van der Waals surface area (Å²) >= 11 is 0. The summed E-state index contributed by atoms with van der Waals surface area (Å²) in [4.78, 5) is 12.4. The Hall–Kier alpha value is -3.02. The first kappa shape index (κ1) is 19.7. The van der Waals surface area contributed by atoms with E-state index in [0.29, 0.717) is 11.1 Å². The number of aliphatic hydroxyl groups excluding tert-OH is 1. The van der Waals surface area contributed by atoms with Gasteiger partial charge in [0.15, 0.2) is 11.7 Å². The van der Waals surface area contributed by atoms with Crippen LogP contribution in [0, 0.1) is 5.82 Å². The van der Waals surface area contributed by atoms with Gasteiger partial charge in [0, 0.05) is 0 Å². The minimum Gasteiger partial charge on any atom is -0.467 e. The van der Waals surface area contributed by atoms with Crippen molar-refractivity contribution in [3.05, 3.63) is 107 Å². The molecule has 0 bridgehead atoms. The molecule has 1 N–H and O–H groups in total. The monoisotopic (exact) mass is 380 g/mol. The molecule has 0 spiro atoms. The van der Waals surface area contributed by atoms with E-state index >= 15 is 0 Å². The van der Waals surface area contributed by atoms with Crippen LogP contribution in [0.5, 0.6) is 0 Å². The SMILES string of the molecule is COC(=O)[C@@H](O)[C@@](OCc1ccccc1)(c1ccccc1)c1ccc(F)cc1. The van der Waals surface area contributed by atoms with Crippen LogP contribution in [0.4, 0.5) is 4.39 Å². The van der Waals surface area contributed by atoms with E-state index < -0.39 is 23.5 Å². The molecule has 0 amide bonds. The van der Waals surface area contributed by atoms with E-state index in [1.807, 2.05) is 36.4 Å². The molecule has 0 unspecified atom stereocenters. The fourth-order valence-electron chi connectivity index (χ4n) is 3.16. The average molecular weight is 380 g/mol. The minimum absolute atomic E-state index is 0.126. The van der Waals surface area contributed by atoms with Crippen LogP contribution in [0.2, 0.25) is 0 Å². The van der Waals surface area contributed by atoms with Gasteiger partial charge < -0.3 is 14.6 Å². The number of aliphatic hydroxyl groups is 1. The normalized spacial score (nSPS) is 14.1. The number of halogens is 1. The van der Waals surface area contributed by atoms with Crippen molar-refractivity contribution in [1.29, 1.82) is 0 Å². The number of rotatable bonds is 7. The molecule has 3 aromatic carbocycles. The van der Waals surface area contributed by atoms with Crippen LogP contribution < -0.4 is 0 Å². The van der Waals surface area contributed by atoms with Crippen molar-refractivity contribution in [2.24, 2.45) is 0 Å². The lowest BCUT2D eigenvalue weighted by atomic mass is 9.81. The van der Waals surface area contributed by atoms with E-state index in [-0.39, 0.29) is 6.61 Å². The van der Waals surface area contributed by atoms with Crippen molar-refractivity contribution >= 4 is 5.97 Å². The fourth-order valence-corrected chi connectivity index (χ4v) is 3.16. The van der Waals surface area contributed by atoms with Gasteiger partial charge >= 0.3 is 5.97 Å². The predicted octanol–water partition coefficient (Wildman–Crippen LogP) is 3.82. The number of esters is 1. The number of methoxy groups -OCH3 is 1. The maximum Gasteiger partial charge on any atom is 0.338 e. The molecule has 28 heavy (non-hydrogen) atoms. The summed E-state index contributed by atoms with van der Waals surface area (Å²) in [5.74, 6) is -1.28. The molecule has 0 radical (unpaired) electrons. The van der Waals surface area contributed by atoms with Gasteiger partial charge in [-0.25, -0.2) is 9.18 Å². The summed E-state index contributed by atoms with van der Waals surface area (Å²) in [6, 6.07) is 23.8. The molecule has 0 saturated carbocycles. The highest BCUT2D eigenvalue weighted by Gasteiger charge is 2.47. The lowest BCUT2D eigenvalue weighted by Crippen LogP contribution is -2.48. The standard InChI is InChI=1S/C23H21FO4/c1-27-22(26)21(25)23(18-10-6-3-7-11-18,19-12-14-20(24)15-13-19)28-16-17-8-4-2-5-9-17/h2-15,21,25H,16H2,1H3/t21-,23-/m1/s1. The van der Waals surface area contributed by atoms with Crippen LogP contribution in [0.3, 0.4) is 0 Å². The Morgan fingerprint density at radius 1 is 0.929 bits per heavy atom.